The summed E-state index contributed by atoms with van der Waals surface area (Å²) in [6.07, 6.45) is 3.99. The molecule has 0 radical (unpaired) electrons. The minimum Gasteiger partial charge on any atom is -0.394 e. The Labute approximate surface area is 85.5 Å². The lowest BCUT2D eigenvalue weighted by Crippen LogP contribution is -2.23. The highest BCUT2D eigenvalue weighted by Gasteiger charge is 2.07. The number of hydrogen-bond acceptors (Lipinski definition) is 4. The van der Waals surface area contributed by atoms with Crippen LogP contribution in [0, 0.1) is 0 Å². The van der Waals surface area contributed by atoms with Crippen LogP contribution < -0.4 is 5.32 Å². The van der Waals surface area contributed by atoms with Crippen LogP contribution in [0.5, 0.6) is 0 Å². The Bertz CT molecular complexity index is 265. The quantitative estimate of drug-likeness (QED) is 0.843. The average Bonchev–Trinajstić information content (AvgIpc) is 2.17. The van der Waals surface area contributed by atoms with Gasteiger partial charge >= 0.3 is 0 Å². The molecule has 13 heavy (non-hydrogen) atoms. The second kappa shape index (κ2) is 5.14. The van der Waals surface area contributed by atoms with Crippen LogP contribution in [-0.4, -0.2) is 27.7 Å². The zero-order valence-corrected chi connectivity index (χ0v) is 8.95. The first-order valence-corrected chi connectivity index (χ1v) is 4.90. The SMILES string of the molecule is CC[C@@H](CO)Nc1ncncc1Br. The van der Waals surface area contributed by atoms with E-state index in [0.717, 1.165) is 16.7 Å². The highest BCUT2D eigenvalue weighted by atomic mass is 79.9. The number of rotatable bonds is 4. The lowest BCUT2D eigenvalue weighted by Gasteiger charge is -2.14. The summed E-state index contributed by atoms with van der Waals surface area (Å²) in [4.78, 5) is 7.88. The molecule has 0 saturated heterocycles. The van der Waals surface area contributed by atoms with Gasteiger partial charge in [0.1, 0.15) is 12.1 Å². The van der Waals surface area contributed by atoms with Gasteiger partial charge in [-0.15, -0.1) is 0 Å². The van der Waals surface area contributed by atoms with Crippen molar-refractivity contribution in [1.82, 2.24) is 9.97 Å². The fourth-order valence-electron chi connectivity index (χ4n) is 0.889. The van der Waals surface area contributed by atoms with E-state index < -0.39 is 0 Å². The second-order valence-electron chi connectivity index (χ2n) is 2.65. The molecule has 1 rings (SSSR count). The Hall–Kier alpha value is -0.680. The Morgan fingerprint density at radius 3 is 3.00 bits per heavy atom. The van der Waals surface area contributed by atoms with Crippen molar-refractivity contribution < 1.29 is 5.11 Å². The fourth-order valence-corrected chi connectivity index (χ4v) is 1.22. The number of anilines is 1. The summed E-state index contributed by atoms with van der Waals surface area (Å²) in [7, 11) is 0. The van der Waals surface area contributed by atoms with Gasteiger partial charge in [0.15, 0.2) is 0 Å². The third-order valence-electron chi connectivity index (χ3n) is 1.72. The van der Waals surface area contributed by atoms with Crippen LogP contribution in [-0.2, 0) is 0 Å². The van der Waals surface area contributed by atoms with Crippen molar-refractivity contribution in [2.75, 3.05) is 11.9 Å². The van der Waals surface area contributed by atoms with Gasteiger partial charge in [0, 0.05) is 6.20 Å². The Morgan fingerprint density at radius 2 is 2.46 bits per heavy atom. The zero-order chi connectivity index (χ0) is 9.68. The third kappa shape index (κ3) is 2.93. The van der Waals surface area contributed by atoms with Gasteiger partial charge in [0.2, 0.25) is 0 Å². The van der Waals surface area contributed by atoms with E-state index in [1.54, 1.807) is 6.20 Å². The number of hydrogen-bond donors (Lipinski definition) is 2. The second-order valence-corrected chi connectivity index (χ2v) is 3.51. The van der Waals surface area contributed by atoms with Gasteiger partial charge in [-0.2, -0.15) is 0 Å². The first kappa shape index (κ1) is 10.4. The molecule has 2 N–H and O–H groups in total. The van der Waals surface area contributed by atoms with Crippen LogP contribution in [0.4, 0.5) is 5.82 Å². The molecule has 0 aromatic carbocycles. The molecule has 0 aliphatic rings. The molecular weight excluding hydrogens is 234 g/mol. The van der Waals surface area contributed by atoms with Crippen LogP contribution in [0.15, 0.2) is 17.0 Å². The van der Waals surface area contributed by atoms with E-state index in [9.17, 15) is 0 Å². The van der Waals surface area contributed by atoms with Gasteiger partial charge in [0.25, 0.3) is 0 Å². The summed E-state index contributed by atoms with van der Waals surface area (Å²) in [6.45, 7) is 2.11. The van der Waals surface area contributed by atoms with Gasteiger partial charge < -0.3 is 10.4 Å². The summed E-state index contributed by atoms with van der Waals surface area (Å²) in [5.41, 5.74) is 0. The van der Waals surface area contributed by atoms with Crippen LogP contribution >= 0.6 is 15.9 Å². The van der Waals surface area contributed by atoms with Crippen LogP contribution in [0.3, 0.4) is 0 Å². The topological polar surface area (TPSA) is 58.0 Å². The monoisotopic (exact) mass is 245 g/mol. The first-order valence-electron chi connectivity index (χ1n) is 4.10. The molecule has 72 valence electrons. The van der Waals surface area contributed by atoms with Crippen LogP contribution in [0.2, 0.25) is 0 Å². The molecule has 4 nitrogen and oxygen atoms in total. The summed E-state index contributed by atoms with van der Waals surface area (Å²) in [5, 5.41) is 12.1. The Kier molecular flexibility index (Phi) is 4.11. The molecule has 0 saturated carbocycles. The van der Waals surface area contributed by atoms with E-state index in [1.807, 2.05) is 6.92 Å². The molecular formula is C8H12BrN3O. The molecule has 1 atom stereocenters. The Balaban J connectivity index is 2.67. The van der Waals surface area contributed by atoms with Crippen molar-refractivity contribution in [3.05, 3.63) is 17.0 Å². The molecule has 0 aliphatic carbocycles. The van der Waals surface area contributed by atoms with Gasteiger partial charge in [0.05, 0.1) is 17.1 Å². The van der Waals surface area contributed by atoms with Crippen LogP contribution in [0.25, 0.3) is 0 Å². The molecule has 0 unspecified atom stereocenters. The predicted molar refractivity (Wildman–Crippen MR) is 54.5 cm³/mol. The van der Waals surface area contributed by atoms with E-state index in [2.05, 4.69) is 31.2 Å². The minimum atomic E-state index is 0.0474. The summed E-state index contributed by atoms with van der Waals surface area (Å²) >= 11 is 3.31. The maximum Gasteiger partial charge on any atom is 0.144 e. The largest absolute Gasteiger partial charge is 0.394 e. The van der Waals surface area contributed by atoms with Gasteiger partial charge in [-0.25, -0.2) is 9.97 Å². The van der Waals surface area contributed by atoms with Crippen molar-refractivity contribution in [3.63, 3.8) is 0 Å². The van der Waals surface area contributed by atoms with Crippen molar-refractivity contribution in [3.8, 4) is 0 Å². The molecule has 1 aromatic rings. The van der Waals surface area contributed by atoms with Gasteiger partial charge in [-0.1, -0.05) is 6.92 Å². The first-order chi connectivity index (χ1) is 6.27. The third-order valence-corrected chi connectivity index (χ3v) is 2.30. The summed E-state index contributed by atoms with van der Waals surface area (Å²) < 4.78 is 0.807. The van der Waals surface area contributed by atoms with Crippen molar-refractivity contribution in [2.24, 2.45) is 0 Å². The highest BCUT2D eigenvalue weighted by Crippen LogP contribution is 2.18. The predicted octanol–water partition coefficient (Wildman–Crippen LogP) is 1.42. The smallest absolute Gasteiger partial charge is 0.144 e. The molecule has 0 aliphatic heterocycles. The fraction of sp³-hybridized carbons (Fsp3) is 0.500. The van der Waals surface area contributed by atoms with E-state index in [4.69, 9.17) is 5.11 Å². The number of halogens is 1. The number of aliphatic hydroxyl groups excluding tert-OH is 1. The maximum atomic E-state index is 8.96. The zero-order valence-electron chi connectivity index (χ0n) is 7.37. The lowest BCUT2D eigenvalue weighted by atomic mass is 10.2. The molecule has 1 aromatic heterocycles. The standard InChI is InChI=1S/C8H12BrN3O/c1-2-6(4-13)12-8-7(9)3-10-5-11-8/h3,5-6,13H,2,4H2,1H3,(H,10,11,12)/t6-/m0/s1. The molecule has 5 heteroatoms. The van der Waals surface area contributed by atoms with Gasteiger partial charge in [-0.3, -0.25) is 0 Å². The van der Waals surface area contributed by atoms with E-state index in [1.165, 1.54) is 6.33 Å². The summed E-state index contributed by atoms with van der Waals surface area (Å²) in [5.74, 6) is 0.718. The van der Waals surface area contributed by atoms with Gasteiger partial charge in [-0.05, 0) is 22.4 Å². The lowest BCUT2D eigenvalue weighted by molar-refractivity contribution is 0.271. The van der Waals surface area contributed by atoms with E-state index in [0.29, 0.717) is 0 Å². The summed E-state index contributed by atoms with van der Waals surface area (Å²) in [6, 6.07) is 0.0474. The molecule has 0 amide bonds. The number of nitrogens with one attached hydrogen (secondary N) is 1. The van der Waals surface area contributed by atoms with Crippen molar-refractivity contribution in [2.45, 2.75) is 19.4 Å². The molecule has 0 bridgehead atoms. The molecule has 1 heterocycles. The van der Waals surface area contributed by atoms with Crippen molar-refractivity contribution in [1.29, 1.82) is 0 Å². The normalized spacial score (nSPS) is 12.5. The number of aliphatic hydroxyl groups is 1. The van der Waals surface area contributed by atoms with E-state index >= 15 is 0 Å². The highest BCUT2D eigenvalue weighted by molar-refractivity contribution is 9.10. The maximum absolute atomic E-state index is 8.96. The Morgan fingerprint density at radius 1 is 1.69 bits per heavy atom. The molecule has 0 fully saturated rings. The van der Waals surface area contributed by atoms with E-state index in [-0.39, 0.29) is 12.6 Å². The van der Waals surface area contributed by atoms with Crippen LogP contribution in [0.1, 0.15) is 13.3 Å². The average molecular weight is 246 g/mol. The van der Waals surface area contributed by atoms with Crippen molar-refractivity contribution >= 4 is 21.7 Å². The minimum absolute atomic E-state index is 0.0474. The number of aromatic nitrogens is 2. The number of nitrogens with zero attached hydrogens (tertiary/aromatic N) is 2. The molecule has 0 spiro atoms.